The summed E-state index contributed by atoms with van der Waals surface area (Å²) in [6.45, 7) is 2.76. The van der Waals surface area contributed by atoms with E-state index in [4.69, 9.17) is 16.3 Å². The zero-order valence-corrected chi connectivity index (χ0v) is 13.0. The molecule has 19 heavy (non-hydrogen) atoms. The third-order valence-electron chi connectivity index (χ3n) is 2.68. The molecule has 1 N–H and O–H groups in total. The maximum atomic E-state index is 11.5. The van der Waals surface area contributed by atoms with Crippen molar-refractivity contribution in [3.63, 3.8) is 0 Å². The first-order valence-corrected chi connectivity index (χ1v) is 8.55. The van der Waals surface area contributed by atoms with Crippen molar-refractivity contribution < 1.29 is 13.2 Å². The second-order valence-corrected chi connectivity index (χ2v) is 7.11. The van der Waals surface area contributed by atoms with Crippen molar-refractivity contribution in [3.8, 4) is 5.75 Å². The van der Waals surface area contributed by atoms with E-state index in [0.29, 0.717) is 10.8 Å². The second kappa shape index (κ2) is 7.12. The van der Waals surface area contributed by atoms with E-state index in [1.165, 1.54) is 6.26 Å². The van der Waals surface area contributed by atoms with Crippen LogP contribution in [0.1, 0.15) is 24.9 Å². The van der Waals surface area contributed by atoms with Gasteiger partial charge in [0.1, 0.15) is 15.6 Å². The van der Waals surface area contributed by atoms with Gasteiger partial charge in [-0.1, -0.05) is 18.5 Å². The van der Waals surface area contributed by atoms with E-state index >= 15 is 0 Å². The highest BCUT2D eigenvalue weighted by atomic mass is 35.5. The summed E-state index contributed by atoms with van der Waals surface area (Å²) in [5.74, 6) is 0.658. The number of methoxy groups -OCH3 is 1. The molecule has 0 aliphatic heterocycles. The van der Waals surface area contributed by atoms with Crippen LogP contribution < -0.4 is 10.1 Å². The molecule has 0 spiro atoms. The van der Waals surface area contributed by atoms with Gasteiger partial charge < -0.3 is 10.1 Å². The van der Waals surface area contributed by atoms with Crippen LogP contribution in [0.2, 0.25) is 5.02 Å². The van der Waals surface area contributed by atoms with Crippen LogP contribution in [-0.4, -0.2) is 34.1 Å². The normalized spacial score (nSPS) is 13.3. The smallest absolute Gasteiger partial charge is 0.149 e. The van der Waals surface area contributed by atoms with Crippen molar-refractivity contribution in [1.29, 1.82) is 0 Å². The predicted molar refractivity (Wildman–Crippen MR) is 78.7 cm³/mol. The van der Waals surface area contributed by atoms with Crippen molar-refractivity contribution in [1.82, 2.24) is 5.32 Å². The average Bonchev–Trinajstić information content (AvgIpc) is 2.33. The van der Waals surface area contributed by atoms with Crippen LogP contribution in [0.25, 0.3) is 0 Å². The summed E-state index contributed by atoms with van der Waals surface area (Å²) in [4.78, 5) is 0. The van der Waals surface area contributed by atoms with Gasteiger partial charge in [0.2, 0.25) is 0 Å². The van der Waals surface area contributed by atoms with Gasteiger partial charge in [-0.25, -0.2) is 8.42 Å². The molecular formula is C13H20ClNO3S. The molecule has 1 aromatic rings. The van der Waals surface area contributed by atoms with Crippen molar-refractivity contribution >= 4 is 21.4 Å². The van der Waals surface area contributed by atoms with Gasteiger partial charge >= 0.3 is 0 Å². The number of hydrogen-bond acceptors (Lipinski definition) is 4. The molecule has 0 aliphatic carbocycles. The largest absolute Gasteiger partial charge is 0.496 e. The van der Waals surface area contributed by atoms with Gasteiger partial charge in [-0.3, -0.25) is 0 Å². The molecule has 0 radical (unpaired) electrons. The molecule has 1 atom stereocenters. The number of rotatable bonds is 7. The van der Waals surface area contributed by atoms with E-state index < -0.39 is 9.84 Å². The second-order valence-electron chi connectivity index (χ2n) is 4.49. The van der Waals surface area contributed by atoms with Crippen LogP contribution in [0.4, 0.5) is 0 Å². The number of nitrogens with one attached hydrogen (secondary N) is 1. The maximum absolute atomic E-state index is 11.5. The summed E-state index contributed by atoms with van der Waals surface area (Å²) in [5, 5.41) is 3.79. The Morgan fingerprint density at radius 2 is 2.11 bits per heavy atom. The molecule has 4 nitrogen and oxygen atoms in total. The predicted octanol–water partition coefficient (Wildman–Crippen LogP) is 2.43. The van der Waals surface area contributed by atoms with E-state index in [0.717, 1.165) is 18.5 Å². The molecule has 0 amide bonds. The van der Waals surface area contributed by atoms with Crippen molar-refractivity contribution in [2.75, 3.05) is 25.7 Å². The topological polar surface area (TPSA) is 55.4 Å². The summed E-state index contributed by atoms with van der Waals surface area (Å²) in [7, 11) is -1.54. The summed E-state index contributed by atoms with van der Waals surface area (Å²) in [6.07, 6.45) is 2.15. The van der Waals surface area contributed by atoms with E-state index in [2.05, 4.69) is 5.32 Å². The first-order chi connectivity index (χ1) is 8.87. The SMILES string of the molecule is CCCNC(CS(C)(=O)=O)c1cc(Cl)ccc1OC. The van der Waals surface area contributed by atoms with Gasteiger partial charge in [0.25, 0.3) is 0 Å². The first kappa shape index (κ1) is 16.3. The van der Waals surface area contributed by atoms with Crippen molar-refractivity contribution in [2.45, 2.75) is 19.4 Å². The van der Waals surface area contributed by atoms with Gasteiger partial charge in [0, 0.05) is 22.9 Å². The molecule has 1 rings (SSSR count). The van der Waals surface area contributed by atoms with Crippen LogP contribution in [-0.2, 0) is 9.84 Å². The Hall–Kier alpha value is -0.780. The quantitative estimate of drug-likeness (QED) is 0.840. The Morgan fingerprint density at radius 3 is 2.63 bits per heavy atom. The lowest BCUT2D eigenvalue weighted by molar-refractivity contribution is 0.401. The van der Waals surface area contributed by atoms with Gasteiger partial charge in [-0.05, 0) is 31.2 Å². The van der Waals surface area contributed by atoms with Crippen molar-refractivity contribution in [2.24, 2.45) is 0 Å². The molecule has 1 unspecified atom stereocenters. The van der Waals surface area contributed by atoms with Crippen LogP contribution in [0, 0.1) is 0 Å². The Kier molecular flexibility index (Phi) is 6.10. The van der Waals surface area contributed by atoms with Crippen LogP contribution >= 0.6 is 11.6 Å². The number of halogens is 1. The highest BCUT2D eigenvalue weighted by Crippen LogP contribution is 2.29. The molecule has 0 aromatic heterocycles. The fourth-order valence-electron chi connectivity index (χ4n) is 1.86. The fourth-order valence-corrected chi connectivity index (χ4v) is 2.94. The highest BCUT2D eigenvalue weighted by molar-refractivity contribution is 7.90. The van der Waals surface area contributed by atoms with Gasteiger partial charge in [0.05, 0.1) is 12.9 Å². The molecule has 0 heterocycles. The Morgan fingerprint density at radius 1 is 1.42 bits per heavy atom. The minimum absolute atomic E-state index is 0.0176. The van der Waals surface area contributed by atoms with E-state index in [1.54, 1.807) is 25.3 Å². The third kappa shape index (κ3) is 5.38. The van der Waals surface area contributed by atoms with E-state index in [9.17, 15) is 8.42 Å². The molecule has 0 saturated carbocycles. The summed E-state index contributed by atoms with van der Waals surface area (Å²) >= 11 is 5.99. The summed E-state index contributed by atoms with van der Waals surface area (Å²) in [5.41, 5.74) is 0.772. The van der Waals surface area contributed by atoms with Gasteiger partial charge in [0.15, 0.2) is 0 Å². The number of ether oxygens (including phenoxy) is 1. The lowest BCUT2D eigenvalue weighted by atomic mass is 10.1. The number of hydrogen-bond donors (Lipinski definition) is 1. The molecule has 108 valence electrons. The number of benzene rings is 1. The molecule has 1 aromatic carbocycles. The highest BCUT2D eigenvalue weighted by Gasteiger charge is 2.20. The molecule has 0 aliphatic rings. The lowest BCUT2D eigenvalue weighted by Gasteiger charge is -2.20. The monoisotopic (exact) mass is 305 g/mol. The summed E-state index contributed by atoms with van der Waals surface area (Å²) in [6, 6.07) is 4.91. The van der Waals surface area contributed by atoms with Crippen LogP contribution in [0.5, 0.6) is 5.75 Å². The molecule has 0 bridgehead atoms. The molecule has 0 saturated heterocycles. The van der Waals surface area contributed by atoms with E-state index in [-0.39, 0.29) is 11.8 Å². The third-order valence-corrected chi connectivity index (χ3v) is 3.85. The lowest BCUT2D eigenvalue weighted by Crippen LogP contribution is -2.28. The Bertz CT molecular complexity index is 517. The van der Waals surface area contributed by atoms with Crippen molar-refractivity contribution in [3.05, 3.63) is 28.8 Å². The minimum Gasteiger partial charge on any atom is -0.496 e. The zero-order chi connectivity index (χ0) is 14.5. The number of sulfone groups is 1. The summed E-state index contributed by atoms with van der Waals surface area (Å²) < 4.78 is 28.4. The minimum atomic E-state index is -3.10. The molecular weight excluding hydrogens is 286 g/mol. The molecule has 0 fully saturated rings. The fraction of sp³-hybridized carbons (Fsp3) is 0.538. The van der Waals surface area contributed by atoms with Crippen LogP contribution in [0.15, 0.2) is 18.2 Å². The maximum Gasteiger partial charge on any atom is 0.149 e. The average molecular weight is 306 g/mol. The van der Waals surface area contributed by atoms with Gasteiger partial charge in [-0.15, -0.1) is 0 Å². The Labute approximate surface area is 120 Å². The van der Waals surface area contributed by atoms with E-state index in [1.807, 2.05) is 6.92 Å². The zero-order valence-electron chi connectivity index (χ0n) is 11.4. The first-order valence-electron chi connectivity index (χ1n) is 6.12. The Balaban J connectivity index is 3.11. The standard InChI is InChI=1S/C13H20ClNO3S/c1-4-7-15-12(9-19(3,16)17)11-8-10(14)5-6-13(11)18-2/h5-6,8,12,15H,4,7,9H2,1-3H3. The van der Waals surface area contributed by atoms with Crippen LogP contribution in [0.3, 0.4) is 0 Å². The van der Waals surface area contributed by atoms with Gasteiger partial charge in [-0.2, -0.15) is 0 Å². The molecule has 6 heteroatoms.